The largest absolute Gasteiger partial charge is 0.491 e. The molecule has 0 radical (unpaired) electrons. The number of aryl methyl sites for hydroxylation is 1. The lowest BCUT2D eigenvalue weighted by Crippen LogP contribution is -2.49. The Balaban J connectivity index is 1.31. The summed E-state index contributed by atoms with van der Waals surface area (Å²) in [6.45, 7) is 8.92. The molecule has 29 heavy (non-hydrogen) atoms. The third kappa shape index (κ3) is 4.56. The van der Waals surface area contributed by atoms with Crippen LogP contribution in [-0.4, -0.2) is 56.3 Å². The van der Waals surface area contributed by atoms with Crippen LogP contribution < -0.4 is 9.64 Å². The number of ether oxygens (including phenoxy) is 2. The normalized spacial score (nSPS) is 19.4. The highest BCUT2D eigenvalue weighted by Gasteiger charge is 2.23. The van der Waals surface area contributed by atoms with E-state index in [1.165, 1.54) is 16.8 Å². The molecule has 4 rings (SSSR count). The fourth-order valence-corrected chi connectivity index (χ4v) is 4.07. The average molecular weight is 395 g/mol. The van der Waals surface area contributed by atoms with Crippen molar-refractivity contribution in [3.8, 4) is 5.75 Å². The fourth-order valence-electron chi connectivity index (χ4n) is 4.07. The number of nitrogens with zero attached hydrogens (tertiary/aromatic N) is 2. The summed E-state index contributed by atoms with van der Waals surface area (Å²) in [5, 5.41) is 0. The molecule has 154 valence electrons. The molecule has 0 aliphatic carbocycles. The van der Waals surface area contributed by atoms with Gasteiger partial charge in [0, 0.05) is 44.0 Å². The topological polar surface area (TPSA) is 42.0 Å². The summed E-state index contributed by atoms with van der Waals surface area (Å²) in [5.74, 6) is 0.882. The lowest BCUT2D eigenvalue weighted by Gasteiger charge is -2.37. The van der Waals surface area contributed by atoms with Crippen molar-refractivity contribution in [3.63, 3.8) is 0 Å². The third-order valence-electron chi connectivity index (χ3n) is 6.04. The highest BCUT2D eigenvalue weighted by Crippen LogP contribution is 2.24. The number of amides is 1. The molecule has 0 saturated carbocycles. The van der Waals surface area contributed by atoms with E-state index in [0.29, 0.717) is 6.61 Å². The van der Waals surface area contributed by atoms with Gasteiger partial charge in [0.1, 0.15) is 12.4 Å². The molecule has 2 heterocycles. The molecule has 2 aliphatic rings. The van der Waals surface area contributed by atoms with Crippen molar-refractivity contribution in [1.82, 2.24) is 4.90 Å². The van der Waals surface area contributed by atoms with Gasteiger partial charge in [0.15, 0.2) is 0 Å². The SMILES string of the molecule is Cc1cccc(N2CCN(C(=O)c3ccc(OC[C@H]4CCCO4)cc3)CC2)c1C. The minimum absolute atomic E-state index is 0.0938. The van der Waals surface area contributed by atoms with E-state index >= 15 is 0 Å². The lowest BCUT2D eigenvalue weighted by molar-refractivity contribution is 0.0678. The van der Waals surface area contributed by atoms with Gasteiger partial charge in [0.25, 0.3) is 5.91 Å². The molecule has 1 amide bonds. The van der Waals surface area contributed by atoms with Gasteiger partial charge in [0.05, 0.1) is 6.10 Å². The van der Waals surface area contributed by atoms with Gasteiger partial charge < -0.3 is 19.3 Å². The van der Waals surface area contributed by atoms with Crippen LogP contribution in [0.5, 0.6) is 5.75 Å². The number of hydrogen-bond donors (Lipinski definition) is 0. The molecule has 0 bridgehead atoms. The standard InChI is InChI=1S/C24H30N2O3/c1-18-5-3-7-23(19(18)2)25-12-14-26(15-13-25)24(27)20-8-10-21(11-9-20)29-17-22-6-4-16-28-22/h3,5,7-11,22H,4,6,12-17H2,1-2H3/t22-/m1/s1. The molecule has 5 nitrogen and oxygen atoms in total. The molecule has 2 fully saturated rings. The van der Waals surface area contributed by atoms with E-state index in [0.717, 1.165) is 56.9 Å². The van der Waals surface area contributed by atoms with Crippen LogP contribution in [0.4, 0.5) is 5.69 Å². The smallest absolute Gasteiger partial charge is 0.253 e. The van der Waals surface area contributed by atoms with Crippen molar-refractivity contribution in [2.75, 3.05) is 44.3 Å². The Bertz CT molecular complexity index is 836. The molecular weight excluding hydrogens is 364 g/mol. The van der Waals surface area contributed by atoms with Crippen molar-refractivity contribution in [3.05, 3.63) is 59.2 Å². The van der Waals surface area contributed by atoms with Crippen molar-refractivity contribution in [2.24, 2.45) is 0 Å². The second-order valence-electron chi connectivity index (χ2n) is 7.97. The highest BCUT2D eigenvalue weighted by molar-refractivity contribution is 5.94. The summed E-state index contributed by atoms with van der Waals surface area (Å²) in [5.41, 5.74) is 4.63. The molecule has 2 aromatic carbocycles. The first-order chi connectivity index (χ1) is 14.1. The Hall–Kier alpha value is -2.53. The molecule has 2 aliphatic heterocycles. The maximum absolute atomic E-state index is 12.9. The monoisotopic (exact) mass is 394 g/mol. The maximum atomic E-state index is 12.9. The third-order valence-corrected chi connectivity index (χ3v) is 6.04. The van der Waals surface area contributed by atoms with Crippen LogP contribution in [0.25, 0.3) is 0 Å². The predicted molar refractivity (Wildman–Crippen MR) is 115 cm³/mol. The van der Waals surface area contributed by atoms with Crippen molar-refractivity contribution in [2.45, 2.75) is 32.8 Å². The molecule has 0 N–H and O–H groups in total. The fraction of sp³-hybridized carbons (Fsp3) is 0.458. The molecule has 0 aromatic heterocycles. The van der Waals surface area contributed by atoms with E-state index in [2.05, 4.69) is 36.9 Å². The Morgan fingerprint density at radius 2 is 1.83 bits per heavy atom. The number of carbonyl (C=O) groups is 1. The van der Waals surface area contributed by atoms with E-state index in [1.807, 2.05) is 29.2 Å². The van der Waals surface area contributed by atoms with Gasteiger partial charge in [-0.1, -0.05) is 12.1 Å². The van der Waals surface area contributed by atoms with Gasteiger partial charge in [-0.25, -0.2) is 0 Å². The number of anilines is 1. The van der Waals surface area contributed by atoms with E-state index in [9.17, 15) is 4.79 Å². The Kier molecular flexibility index (Phi) is 6.05. The number of benzene rings is 2. The summed E-state index contributed by atoms with van der Waals surface area (Å²) >= 11 is 0. The van der Waals surface area contributed by atoms with Gasteiger partial charge in [0.2, 0.25) is 0 Å². The lowest BCUT2D eigenvalue weighted by atomic mass is 10.1. The van der Waals surface area contributed by atoms with Crippen LogP contribution in [0.15, 0.2) is 42.5 Å². The number of hydrogen-bond acceptors (Lipinski definition) is 4. The number of piperazine rings is 1. The van der Waals surface area contributed by atoms with Crippen LogP contribution in [0.2, 0.25) is 0 Å². The van der Waals surface area contributed by atoms with E-state index in [1.54, 1.807) is 0 Å². The summed E-state index contributed by atoms with van der Waals surface area (Å²) in [6, 6.07) is 13.9. The maximum Gasteiger partial charge on any atom is 0.253 e. The van der Waals surface area contributed by atoms with E-state index < -0.39 is 0 Å². The molecule has 1 atom stereocenters. The molecular formula is C24H30N2O3. The Morgan fingerprint density at radius 3 is 2.52 bits per heavy atom. The molecule has 0 spiro atoms. The summed E-state index contributed by atoms with van der Waals surface area (Å²) in [4.78, 5) is 17.2. The Labute approximate surface area is 173 Å². The van der Waals surface area contributed by atoms with Crippen LogP contribution in [-0.2, 0) is 4.74 Å². The van der Waals surface area contributed by atoms with Gasteiger partial charge >= 0.3 is 0 Å². The van der Waals surface area contributed by atoms with Crippen molar-refractivity contribution in [1.29, 1.82) is 0 Å². The zero-order valence-electron chi connectivity index (χ0n) is 17.4. The molecule has 2 aromatic rings. The summed E-state index contributed by atoms with van der Waals surface area (Å²) in [7, 11) is 0. The predicted octanol–water partition coefficient (Wildman–Crippen LogP) is 3.82. The number of rotatable bonds is 5. The van der Waals surface area contributed by atoms with Gasteiger partial charge in [-0.2, -0.15) is 0 Å². The van der Waals surface area contributed by atoms with Crippen LogP contribution in [0.1, 0.15) is 34.3 Å². The number of carbonyl (C=O) groups excluding carboxylic acids is 1. The summed E-state index contributed by atoms with van der Waals surface area (Å²) in [6.07, 6.45) is 2.37. The minimum Gasteiger partial charge on any atom is -0.491 e. The first-order valence-electron chi connectivity index (χ1n) is 10.6. The van der Waals surface area contributed by atoms with E-state index in [4.69, 9.17) is 9.47 Å². The minimum atomic E-state index is 0.0938. The molecule has 5 heteroatoms. The van der Waals surface area contributed by atoms with Crippen LogP contribution >= 0.6 is 0 Å². The zero-order valence-corrected chi connectivity index (χ0v) is 17.4. The quantitative estimate of drug-likeness (QED) is 0.773. The van der Waals surface area contributed by atoms with E-state index in [-0.39, 0.29) is 12.0 Å². The average Bonchev–Trinajstić information content (AvgIpc) is 3.28. The highest BCUT2D eigenvalue weighted by atomic mass is 16.5. The van der Waals surface area contributed by atoms with Crippen LogP contribution in [0, 0.1) is 13.8 Å². The van der Waals surface area contributed by atoms with Crippen LogP contribution in [0.3, 0.4) is 0 Å². The molecule has 2 saturated heterocycles. The van der Waals surface area contributed by atoms with Gasteiger partial charge in [-0.15, -0.1) is 0 Å². The van der Waals surface area contributed by atoms with Crippen molar-refractivity contribution < 1.29 is 14.3 Å². The first-order valence-corrected chi connectivity index (χ1v) is 10.6. The van der Waals surface area contributed by atoms with Gasteiger partial charge in [-0.3, -0.25) is 4.79 Å². The first kappa shape index (κ1) is 19.8. The van der Waals surface area contributed by atoms with Gasteiger partial charge in [-0.05, 0) is 68.1 Å². The second-order valence-corrected chi connectivity index (χ2v) is 7.97. The van der Waals surface area contributed by atoms with Crippen molar-refractivity contribution >= 4 is 11.6 Å². The Morgan fingerprint density at radius 1 is 1.07 bits per heavy atom. The summed E-state index contributed by atoms with van der Waals surface area (Å²) < 4.78 is 11.4. The zero-order chi connectivity index (χ0) is 20.2. The second kappa shape index (κ2) is 8.87. The molecule has 0 unspecified atom stereocenters.